The fourth-order valence-electron chi connectivity index (χ4n) is 2.52. The normalized spacial score (nSPS) is 14.1. The second-order valence-corrected chi connectivity index (χ2v) is 5.88. The molecule has 0 aliphatic carbocycles. The smallest absolute Gasteiger partial charge is 0.255 e. The standard InChI is InChI=1S/C16H22ClN3O2.ClH/c1-18-8-7-15(21)19-14-11-12(17)5-6-13(14)16(22)20-9-3-2-4-10-20;/h5-6,11,18H,2-4,7-10H2,1H3,(H,19,21);1H. The van der Waals surface area contributed by atoms with Crippen molar-refractivity contribution in [2.75, 3.05) is 32.0 Å². The third-order valence-electron chi connectivity index (χ3n) is 3.73. The molecule has 128 valence electrons. The lowest BCUT2D eigenvalue weighted by molar-refractivity contribution is -0.116. The first-order valence-corrected chi connectivity index (χ1v) is 8.03. The van der Waals surface area contributed by atoms with Crippen LogP contribution in [0.4, 0.5) is 5.69 Å². The number of amides is 2. The van der Waals surface area contributed by atoms with Crippen LogP contribution in [0, 0.1) is 0 Å². The van der Waals surface area contributed by atoms with Crippen LogP contribution in [-0.4, -0.2) is 43.4 Å². The van der Waals surface area contributed by atoms with E-state index >= 15 is 0 Å². The Kier molecular flexibility index (Phi) is 8.37. The number of hydrogen-bond donors (Lipinski definition) is 2. The molecule has 0 unspecified atom stereocenters. The van der Waals surface area contributed by atoms with Crippen LogP contribution in [0.3, 0.4) is 0 Å². The first-order valence-electron chi connectivity index (χ1n) is 7.65. The second-order valence-electron chi connectivity index (χ2n) is 5.44. The molecule has 0 saturated carbocycles. The summed E-state index contributed by atoms with van der Waals surface area (Å²) in [6.07, 6.45) is 3.57. The minimum absolute atomic E-state index is 0. The van der Waals surface area contributed by atoms with E-state index in [1.54, 1.807) is 25.2 Å². The number of hydrogen-bond acceptors (Lipinski definition) is 3. The molecule has 2 amide bonds. The number of carbonyl (C=O) groups excluding carboxylic acids is 2. The summed E-state index contributed by atoms with van der Waals surface area (Å²) in [5, 5.41) is 6.22. The summed E-state index contributed by atoms with van der Waals surface area (Å²) < 4.78 is 0. The van der Waals surface area contributed by atoms with Crippen LogP contribution in [0.2, 0.25) is 5.02 Å². The van der Waals surface area contributed by atoms with Crippen molar-refractivity contribution < 1.29 is 9.59 Å². The van der Waals surface area contributed by atoms with Crippen LogP contribution < -0.4 is 10.6 Å². The van der Waals surface area contributed by atoms with Gasteiger partial charge in [-0.3, -0.25) is 9.59 Å². The summed E-state index contributed by atoms with van der Waals surface area (Å²) in [6, 6.07) is 5.00. The number of benzene rings is 1. The average Bonchev–Trinajstić information content (AvgIpc) is 2.53. The van der Waals surface area contributed by atoms with Crippen LogP contribution in [0.1, 0.15) is 36.0 Å². The molecule has 1 aromatic carbocycles. The van der Waals surface area contributed by atoms with Gasteiger partial charge in [0.05, 0.1) is 11.3 Å². The van der Waals surface area contributed by atoms with Gasteiger partial charge in [0, 0.05) is 31.1 Å². The van der Waals surface area contributed by atoms with E-state index in [4.69, 9.17) is 11.6 Å². The van der Waals surface area contributed by atoms with Crippen molar-refractivity contribution in [3.05, 3.63) is 28.8 Å². The maximum Gasteiger partial charge on any atom is 0.255 e. The molecule has 1 saturated heterocycles. The zero-order chi connectivity index (χ0) is 15.9. The molecule has 0 aromatic heterocycles. The zero-order valence-electron chi connectivity index (χ0n) is 13.2. The lowest BCUT2D eigenvalue weighted by Gasteiger charge is -2.27. The van der Waals surface area contributed by atoms with E-state index in [0.717, 1.165) is 32.4 Å². The van der Waals surface area contributed by atoms with Gasteiger partial charge in [0.15, 0.2) is 0 Å². The van der Waals surface area contributed by atoms with Crippen LogP contribution >= 0.6 is 24.0 Å². The summed E-state index contributed by atoms with van der Waals surface area (Å²) in [6.45, 7) is 2.13. The molecular formula is C16H23Cl2N3O2. The highest BCUT2D eigenvalue weighted by molar-refractivity contribution is 6.31. The monoisotopic (exact) mass is 359 g/mol. The van der Waals surface area contributed by atoms with Gasteiger partial charge in [-0.05, 0) is 44.5 Å². The number of nitrogens with one attached hydrogen (secondary N) is 2. The third-order valence-corrected chi connectivity index (χ3v) is 3.97. The van der Waals surface area contributed by atoms with Crippen LogP contribution in [0.25, 0.3) is 0 Å². The molecule has 0 atom stereocenters. The highest BCUT2D eigenvalue weighted by Crippen LogP contribution is 2.24. The number of likely N-dealkylation sites (tertiary alicyclic amines) is 1. The largest absolute Gasteiger partial charge is 0.339 e. The first-order chi connectivity index (χ1) is 10.6. The van der Waals surface area contributed by atoms with Gasteiger partial charge in [-0.15, -0.1) is 12.4 Å². The Balaban J connectivity index is 0.00000264. The molecule has 1 aliphatic heterocycles. The summed E-state index contributed by atoms with van der Waals surface area (Å²) in [7, 11) is 1.79. The molecule has 0 spiro atoms. The number of piperidine rings is 1. The van der Waals surface area contributed by atoms with Gasteiger partial charge in [0.1, 0.15) is 0 Å². The summed E-state index contributed by atoms with van der Waals surface area (Å²) in [5.41, 5.74) is 0.994. The van der Waals surface area contributed by atoms with E-state index in [2.05, 4.69) is 10.6 Å². The van der Waals surface area contributed by atoms with E-state index in [1.165, 1.54) is 0 Å². The van der Waals surface area contributed by atoms with Crippen molar-refractivity contribution in [1.82, 2.24) is 10.2 Å². The van der Waals surface area contributed by atoms with Crippen molar-refractivity contribution in [1.29, 1.82) is 0 Å². The van der Waals surface area contributed by atoms with E-state index in [1.807, 2.05) is 4.90 Å². The van der Waals surface area contributed by atoms with Crippen LogP contribution in [0.15, 0.2) is 18.2 Å². The van der Waals surface area contributed by atoms with Crippen molar-refractivity contribution in [2.24, 2.45) is 0 Å². The number of carbonyl (C=O) groups is 2. The van der Waals surface area contributed by atoms with Crippen molar-refractivity contribution >= 4 is 41.5 Å². The molecule has 1 aromatic rings. The topological polar surface area (TPSA) is 61.4 Å². The van der Waals surface area contributed by atoms with E-state index in [0.29, 0.717) is 29.2 Å². The van der Waals surface area contributed by atoms with Crippen LogP contribution in [0.5, 0.6) is 0 Å². The molecular weight excluding hydrogens is 337 g/mol. The number of anilines is 1. The molecule has 1 aliphatic rings. The molecule has 7 heteroatoms. The lowest BCUT2D eigenvalue weighted by Crippen LogP contribution is -2.36. The number of halogens is 2. The summed E-state index contributed by atoms with van der Waals surface area (Å²) in [5.74, 6) is -0.176. The van der Waals surface area contributed by atoms with Gasteiger partial charge in [0.25, 0.3) is 5.91 Å². The Hall–Kier alpha value is -1.30. The van der Waals surface area contributed by atoms with Gasteiger partial charge in [0.2, 0.25) is 5.91 Å². The molecule has 23 heavy (non-hydrogen) atoms. The van der Waals surface area contributed by atoms with E-state index in [-0.39, 0.29) is 24.2 Å². The minimum Gasteiger partial charge on any atom is -0.339 e. The Morgan fingerprint density at radius 2 is 1.91 bits per heavy atom. The molecule has 1 heterocycles. The SMILES string of the molecule is CNCCC(=O)Nc1cc(Cl)ccc1C(=O)N1CCCCC1.Cl. The maximum absolute atomic E-state index is 12.6. The van der Waals surface area contributed by atoms with Crippen molar-refractivity contribution in [2.45, 2.75) is 25.7 Å². The van der Waals surface area contributed by atoms with Gasteiger partial charge in [-0.2, -0.15) is 0 Å². The molecule has 0 bridgehead atoms. The van der Waals surface area contributed by atoms with Gasteiger partial charge >= 0.3 is 0 Å². The molecule has 2 N–H and O–H groups in total. The predicted molar refractivity (Wildman–Crippen MR) is 95.6 cm³/mol. The Morgan fingerprint density at radius 3 is 2.57 bits per heavy atom. The van der Waals surface area contributed by atoms with Crippen molar-refractivity contribution in [3.8, 4) is 0 Å². The average molecular weight is 360 g/mol. The highest BCUT2D eigenvalue weighted by Gasteiger charge is 2.21. The number of nitrogens with zero attached hydrogens (tertiary/aromatic N) is 1. The quantitative estimate of drug-likeness (QED) is 0.849. The van der Waals surface area contributed by atoms with Gasteiger partial charge in [-0.25, -0.2) is 0 Å². The van der Waals surface area contributed by atoms with Gasteiger partial charge < -0.3 is 15.5 Å². The van der Waals surface area contributed by atoms with E-state index in [9.17, 15) is 9.59 Å². The Morgan fingerprint density at radius 1 is 1.22 bits per heavy atom. The summed E-state index contributed by atoms with van der Waals surface area (Å²) in [4.78, 5) is 26.4. The maximum atomic E-state index is 12.6. The zero-order valence-corrected chi connectivity index (χ0v) is 14.8. The highest BCUT2D eigenvalue weighted by atomic mass is 35.5. The molecule has 2 rings (SSSR count). The predicted octanol–water partition coefficient (Wildman–Crippen LogP) is 2.94. The molecule has 5 nitrogen and oxygen atoms in total. The first kappa shape index (κ1) is 19.7. The lowest BCUT2D eigenvalue weighted by atomic mass is 10.1. The fraction of sp³-hybridized carbons (Fsp3) is 0.500. The van der Waals surface area contributed by atoms with E-state index < -0.39 is 0 Å². The minimum atomic E-state index is -0.135. The second kappa shape index (κ2) is 9.75. The molecule has 0 radical (unpaired) electrons. The fourth-order valence-corrected chi connectivity index (χ4v) is 2.70. The Bertz CT molecular complexity index is 546. The van der Waals surface area contributed by atoms with Crippen molar-refractivity contribution in [3.63, 3.8) is 0 Å². The molecule has 1 fully saturated rings. The van der Waals surface area contributed by atoms with Gasteiger partial charge in [-0.1, -0.05) is 11.6 Å². The third kappa shape index (κ3) is 5.68. The Labute approximate surface area is 148 Å². The number of rotatable bonds is 5. The summed E-state index contributed by atoms with van der Waals surface area (Å²) >= 11 is 6.01. The van der Waals surface area contributed by atoms with Crippen LogP contribution in [-0.2, 0) is 4.79 Å².